The lowest BCUT2D eigenvalue weighted by atomic mass is 10.0. The number of benzene rings is 2. The molecular weight excluding hydrogens is 354 g/mol. The number of hydrogen-bond acceptors (Lipinski definition) is 0. The predicted molar refractivity (Wildman–Crippen MR) is 122 cm³/mol. The molecule has 0 bridgehead atoms. The van der Waals surface area contributed by atoms with Crippen molar-refractivity contribution in [2.24, 2.45) is 0 Å². The second-order valence-electron chi connectivity index (χ2n) is 9.39. The average molecular weight is 392 g/mol. The number of piperidine rings is 1. The van der Waals surface area contributed by atoms with Gasteiger partial charge in [0, 0.05) is 46.8 Å². The van der Waals surface area contributed by atoms with E-state index in [1.165, 1.54) is 98.6 Å². The minimum atomic E-state index is 0.932. The zero-order chi connectivity index (χ0) is 19.6. The summed E-state index contributed by atoms with van der Waals surface area (Å²) in [4.78, 5) is 3.71. The number of nitrogens with one attached hydrogen (secondary N) is 2. The Bertz CT molecular complexity index is 957. The summed E-state index contributed by atoms with van der Waals surface area (Å²) >= 11 is 0. The van der Waals surface area contributed by atoms with Crippen molar-refractivity contribution in [3.63, 3.8) is 0 Å². The van der Waals surface area contributed by atoms with E-state index >= 15 is 0 Å². The van der Waals surface area contributed by atoms with Crippen LogP contribution in [0.3, 0.4) is 0 Å². The van der Waals surface area contributed by atoms with Crippen LogP contribution in [-0.2, 0) is 13.1 Å². The maximum Gasteiger partial charge on any atom is 0.103 e. The number of fused-ring (bicyclic) bond motifs is 3. The van der Waals surface area contributed by atoms with Crippen LogP contribution in [0, 0.1) is 0 Å². The molecule has 2 aliphatic rings. The quantitative estimate of drug-likeness (QED) is 0.679. The largest absolute Gasteiger partial charge is 0.341 e. The lowest BCUT2D eigenvalue weighted by Crippen LogP contribution is -3.20. The van der Waals surface area contributed by atoms with E-state index in [1.54, 1.807) is 4.90 Å². The van der Waals surface area contributed by atoms with E-state index in [1.807, 2.05) is 4.90 Å². The van der Waals surface area contributed by atoms with Gasteiger partial charge in [-0.2, -0.15) is 0 Å². The van der Waals surface area contributed by atoms with Gasteiger partial charge in [-0.3, -0.25) is 0 Å². The van der Waals surface area contributed by atoms with Gasteiger partial charge in [0.1, 0.15) is 6.54 Å². The monoisotopic (exact) mass is 391 g/mol. The third-order valence-electron chi connectivity index (χ3n) is 7.62. The SMILES string of the molecule is CCn1c2ccccc2c2cc(C[NH+]3CCC([NH+]4CCCCCC4)CC3)ccc21. The van der Waals surface area contributed by atoms with E-state index in [0.29, 0.717) is 0 Å². The molecule has 3 heteroatoms. The molecule has 0 aliphatic carbocycles. The van der Waals surface area contributed by atoms with E-state index in [0.717, 1.165) is 12.6 Å². The van der Waals surface area contributed by atoms with Gasteiger partial charge in [-0.1, -0.05) is 24.3 Å². The van der Waals surface area contributed by atoms with Gasteiger partial charge in [-0.15, -0.1) is 0 Å². The van der Waals surface area contributed by atoms with E-state index in [4.69, 9.17) is 0 Å². The molecule has 3 aromatic rings. The maximum absolute atomic E-state index is 2.48. The average Bonchev–Trinajstić information content (AvgIpc) is 2.90. The van der Waals surface area contributed by atoms with Gasteiger partial charge >= 0.3 is 0 Å². The van der Waals surface area contributed by atoms with Gasteiger partial charge in [0.15, 0.2) is 0 Å². The lowest BCUT2D eigenvalue weighted by Gasteiger charge is -2.34. The Kier molecular flexibility index (Phi) is 5.61. The van der Waals surface area contributed by atoms with Crippen LogP contribution in [0.25, 0.3) is 21.8 Å². The molecule has 29 heavy (non-hydrogen) atoms. The molecule has 3 heterocycles. The summed E-state index contributed by atoms with van der Waals surface area (Å²) < 4.78 is 2.46. The molecule has 0 saturated carbocycles. The van der Waals surface area contributed by atoms with Gasteiger partial charge in [0.05, 0.1) is 32.2 Å². The van der Waals surface area contributed by atoms with Crippen molar-refractivity contribution < 1.29 is 9.80 Å². The number of rotatable bonds is 4. The minimum Gasteiger partial charge on any atom is -0.341 e. The fraction of sp³-hybridized carbons (Fsp3) is 0.538. The van der Waals surface area contributed by atoms with Gasteiger partial charge in [0.2, 0.25) is 0 Å². The summed E-state index contributed by atoms with van der Waals surface area (Å²) in [6.07, 6.45) is 8.67. The van der Waals surface area contributed by atoms with Crippen molar-refractivity contribution in [2.75, 3.05) is 26.2 Å². The van der Waals surface area contributed by atoms with E-state index in [-0.39, 0.29) is 0 Å². The van der Waals surface area contributed by atoms with Crippen LogP contribution in [0.2, 0.25) is 0 Å². The second-order valence-corrected chi connectivity index (χ2v) is 9.39. The summed E-state index contributed by atoms with van der Waals surface area (Å²) in [6, 6.07) is 17.0. The zero-order valence-electron chi connectivity index (χ0n) is 18.1. The molecule has 1 aromatic heterocycles. The first-order valence-corrected chi connectivity index (χ1v) is 12.0. The Balaban J connectivity index is 1.29. The van der Waals surface area contributed by atoms with Crippen molar-refractivity contribution in [1.82, 2.24) is 4.57 Å². The first kappa shape index (κ1) is 19.1. The minimum absolute atomic E-state index is 0.932. The zero-order valence-corrected chi connectivity index (χ0v) is 18.1. The van der Waals surface area contributed by atoms with Crippen molar-refractivity contribution >= 4 is 21.8 Å². The topological polar surface area (TPSA) is 13.8 Å². The Morgan fingerprint density at radius 1 is 0.828 bits per heavy atom. The molecule has 2 N–H and O–H groups in total. The first-order chi connectivity index (χ1) is 14.3. The second kappa shape index (κ2) is 8.49. The van der Waals surface area contributed by atoms with E-state index in [2.05, 4.69) is 54.0 Å². The standard InChI is InChI=1S/C26H35N3/c1-2-29-25-10-6-5-9-23(25)24-19-21(11-12-26(24)29)20-27-17-13-22(14-18-27)28-15-7-3-4-8-16-28/h5-6,9-12,19,22H,2-4,7-8,13-18,20H2,1H3/p+2. The number of aromatic nitrogens is 1. The van der Waals surface area contributed by atoms with Gasteiger partial charge in [-0.25, -0.2) is 0 Å². The van der Waals surface area contributed by atoms with Gasteiger partial charge < -0.3 is 14.4 Å². The summed E-state index contributed by atoms with van der Waals surface area (Å²) in [5.41, 5.74) is 4.26. The van der Waals surface area contributed by atoms with Crippen molar-refractivity contribution in [3.05, 3.63) is 48.0 Å². The summed E-state index contributed by atoms with van der Waals surface area (Å²) in [5, 5.41) is 2.84. The summed E-state index contributed by atoms with van der Waals surface area (Å²) in [6.45, 7) is 10.0. The van der Waals surface area contributed by atoms with Crippen molar-refractivity contribution in [3.8, 4) is 0 Å². The molecule has 5 rings (SSSR count). The molecule has 0 atom stereocenters. The van der Waals surface area contributed by atoms with Crippen LogP contribution in [0.4, 0.5) is 0 Å². The Morgan fingerprint density at radius 3 is 2.31 bits per heavy atom. The molecule has 154 valence electrons. The van der Waals surface area contributed by atoms with Gasteiger partial charge in [0.25, 0.3) is 0 Å². The third-order valence-corrected chi connectivity index (χ3v) is 7.62. The third kappa shape index (κ3) is 3.83. The van der Waals surface area contributed by atoms with Crippen LogP contribution >= 0.6 is 0 Å². The smallest absolute Gasteiger partial charge is 0.103 e. The summed E-state index contributed by atoms with van der Waals surface area (Å²) in [7, 11) is 0. The Morgan fingerprint density at radius 2 is 1.55 bits per heavy atom. The molecule has 0 spiro atoms. The molecule has 0 unspecified atom stereocenters. The first-order valence-electron chi connectivity index (χ1n) is 12.0. The highest BCUT2D eigenvalue weighted by Gasteiger charge is 2.30. The fourth-order valence-electron chi connectivity index (χ4n) is 6.04. The highest BCUT2D eigenvalue weighted by atomic mass is 15.2. The fourth-order valence-corrected chi connectivity index (χ4v) is 6.04. The lowest BCUT2D eigenvalue weighted by molar-refractivity contribution is -0.963. The molecule has 2 fully saturated rings. The molecule has 2 saturated heterocycles. The van der Waals surface area contributed by atoms with Crippen molar-refractivity contribution in [1.29, 1.82) is 0 Å². The summed E-state index contributed by atoms with van der Waals surface area (Å²) in [5.74, 6) is 0. The van der Waals surface area contributed by atoms with Crippen LogP contribution in [-0.4, -0.2) is 36.8 Å². The van der Waals surface area contributed by atoms with E-state index < -0.39 is 0 Å². The number of aryl methyl sites for hydroxylation is 1. The van der Waals surface area contributed by atoms with Crippen LogP contribution in [0.15, 0.2) is 42.5 Å². The molecule has 2 aromatic carbocycles. The van der Waals surface area contributed by atoms with E-state index in [9.17, 15) is 0 Å². The Labute approximate surface area is 175 Å². The number of quaternary nitrogens is 2. The van der Waals surface area contributed by atoms with Crippen molar-refractivity contribution in [2.45, 2.75) is 64.6 Å². The highest BCUT2D eigenvalue weighted by Crippen LogP contribution is 2.29. The van der Waals surface area contributed by atoms with Crippen LogP contribution < -0.4 is 9.80 Å². The molecule has 2 aliphatic heterocycles. The normalized spacial score (nSPS) is 24.2. The molecule has 0 amide bonds. The van der Waals surface area contributed by atoms with Gasteiger partial charge in [-0.05, 0) is 50.8 Å². The predicted octanol–water partition coefficient (Wildman–Crippen LogP) is 2.82. The number of nitrogens with zero attached hydrogens (tertiary/aromatic N) is 1. The molecular formula is C26H37N3+2. The number of likely N-dealkylation sites (tertiary alicyclic amines) is 2. The Hall–Kier alpha value is -1.84. The number of para-hydroxylation sites is 1. The van der Waals surface area contributed by atoms with Crippen LogP contribution in [0.5, 0.6) is 0 Å². The highest BCUT2D eigenvalue weighted by molar-refractivity contribution is 6.08. The molecule has 3 nitrogen and oxygen atoms in total. The molecule has 0 radical (unpaired) electrons. The number of hydrogen-bond donors (Lipinski definition) is 2. The van der Waals surface area contributed by atoms with Crippen LogP contribution in [0.1, 0.15) is 51.0 Å². The maximum atomic E-state index is 2.48.